The molecule has 0 spiro atoms. The summed E-state index contributed by atoms with van der Waals surface area (Å²) in [5.74, 6) is -2.75. The van der Waals surface area contributed by atoms with E-state index in [-0.39, 0.29) is 58.9 Å². The largest absolute Gasteiger partial charge is 0.478 e. The highest BCUT2D eigenvalue weighted by atomic mass is 35.5. The number of carboxylic acids is 1. The number of benzene rings is 6. The van der Waals surface area contributed by atoms with E-state index < -0.39 is 34.7 Å². The van der Waals surface area contributed by atoms with Crippen LogP contribution in [0, 0.1) is 17.5 Å². The second-order valence-electron chi connectivity index (χ2n) is 22.3. The number of carbonyl (C=O) groups excluding carboxylic acids is 5. The van der Waals surface area contributed by atoms with E-state index in [2.05, 4.69) is 10.6 Å². The van der Waals surface area contributed by atoms with Crippen LogP contribution in [0.5, 0.6) is 0 Å². The first-order chi connectivity index (χ1) is 40.6. The first-order valence-corrected chi connectivity index (χ1v) is 29.0. The molecule has 0 bridgehead atoms. The Balaban J connectivity index is 0.000000347. The average Bonchev–Trinajstić information content (AvgIpc) is 1.97. The maximum atomic E-state index is 13.7. The smallest absolute Gasteiger partial charge is 0.335 e. The highest BCUT2D eigenvalue weighted by Crippen LogP contribution is 2.32. The molecule has 2 fully saturated rings. The molecule has 460 valence electrons. The van der Waals surface area contributed by atoms with Crippen molar-refractivity contribution in [1.29, 1.82) is 0 Å². The molecule has 2 heterocycles. The number of amides is 2. The fourth-order valence-corrected chi connectivity index (χ4v) is 11.2. The summed E-state index contributed by atoms with van der Waals surface area (Å²) < 4.78 is 40.2. The molecule has 18 heteroatoms. The van der Waals surface area contributed by atoms with Crippen molar-refractivity contribution in [1.82, 2.24) is 35.1 Å². The van der Waals surface area contributed by atoms with Gasteiger partial charge in [0.1, 0.15) is 17.5 Å². The van der Waals surface area contributed by atoms with Crippen molar-refractivity contribution in [3.8, 4) is 0 Å². The molecule has 0 saturated carbocycles. The molecule has 4 unspecified atom stereocenters. The molecule has 2 amide bonds. The number of nitrogens with zero attached hydrogens (tertiary/aromatic N) is 5. The van der Waals surface area contributed by atoms with Crippen molar-refractivity contribution < 1.29 is 47.0 Å². The number of nitrogens with one attached hydrogen (secondary N) is 2. The third-order valence-electron chi connectivity index (χ3n) is 16.5. The number of carboxylic acid groups (broad SMARTS) is 1. The van der Waals surface area contributed by atoms with Crippen LogP contribution in [-0.2, 0) is 12.8 Å². The van der Waals surface area contributed by atoms with E-state index in [1.165, 1.54) is 72.8 Å². The zero-order chi connectivity index (χ0) is 62.0. The Bertz CT molecular complexity index is 3020. The molecule has 14 nitrogen and oxygen atoms in total. The van der Waals surface area contributed by atoms with Gasteiger partial charge in [-0.05, 0) is 200 Å². The fourth-order valence-electron chi connectivity index (χ4n) is 11.2. The van der Waals surface area contributed by atoms with Crippen molar-refractivity contribution >= 4 is 47.5 Å². The third-order valence-corrected chi connectivity index (χ3v) is 16.5. The number of Topliss-reactive ketones (excluding diaryl/α,β-unsaturated/α-hetero) is 3. The Morgan fingerprint density at radius 1 is 0.477 bits per heavy atom. The first kappa shape index (κ1) is 69.4. The van der Waals surface area contributed by atoms with Gasteiger partial charge in [0, 0.05) is 86.1 Å². The maximum absolute atomic E-state index is 13.7. The molecule has 3 N–H and O–H groups in total. The number of carbonyl (C=O) groups is 6. The third kappa shape index (κ3) is 17.4. The van der Waals surface area contributed by atoms with Crippen LogP contribution >= 0.6 is 12.4 Å². The monoisotopic (exact) mass is 1200 g/mol. The lowest BCUT2D eigenvalue weighted by molar-refractivity contribution is 0.0535. The van der Waals surface area contributed by atoms with E-state index in [1.54, 1.807) is 58.3 Å². The zero-order valence-electron chi connectivity index (χ0n) is 50.9. The predicted octanol–water partition coefficient (Wildman–Crippen LogP) is 10.3. The van der Waals surface area contributed by atoms with E-state index in [1.807, 2.05) is 102 Å². The van der Waals surface area contributed by atoms with E-state index in [9.17, 15) is 41.9 Å². The number of rotatable bonds is 21. The van der Waals surface area contributed by atoms with Crippen molar-refractivity contribution in [2.75, 3.05) is 94.6 Å². The lowest BCUT2D eigenvalue weighted by atomic mass is 9.80. The highest BCUT2D eigenvalue weighted by molar-refractivity contribution is 6.04. The minimum atomic E-state index is -0.980. The fraction of sp³-hybridized carbons (Fsp3) is 0.382. The molecule has 0 radical (unpaired) electrons. The van der Waals surface area contributed by atoms with E-state index >= 15 is 0 Å². The minimum Gasteiger partial charge on any atom is -0.478 e. The minimum absolute atomic E-state index is 0. The lowest BCUT2D eigenvalue weighted by Crippen LogP contribution is -2.52. The summed E-state index contributed by atoms with van der Waals surface area (Å²) in [5, 5.41) is 15.5. The van der Waals surface area contributed by atoms with Crippen LogP contribution in [0.15, 0.2) is 146 Å². The van der Waals surface area contributed by atoms with Crippen molar-refractivity contribution in [3.05, 3.63) is 213 Å². The molecular weight excluding hydrogens is 1120 g/mol. The van der Waals surface area contributed by atoms with Gasteiger partial charge in [0.15, 0.2) is 17.3 Å². The topological polar surface area (TPSA) is 163 Å². The quantitative estimate of drug-likeness (QED) is 0.0586. The van der Waals surface area contributed by atoms with Crippen LogP contribution < -0.4 is 10.6 Å². The molecule has 8 rings (SSSR count). The van der Waals surface area contributed by atoms with Gasteiger partial charge in [-0.1, -0.05) is 57.2 Å². The SMILES string of the molecule is C1CNCCN1.CCC(Cc1ccc(C(=O)N2CCN(C(=O)c3ccc(CC(CC)(C(=O)c4ccc(F)cc4)N(C)C)cc3)CC2)cc1)(C(=O)c1ccc(F)cc1)N(C)C.CCC(c1ccc(C(=O)O)cc1)C(C(=O)c1ccc(F)cc1)N(C)C.Cl. The summed E-state index contributed by atoms with van der Waals surface area (Å²) in [4.78, 5) is 87.6. The maximum Gasteiger partial charge on any atom is 0.335 e. The molecule has 0 aliphatic carbocycles. The number of ketones is 3. The van der Waals surface area contributed by atoms with Crippen LogP contribution in [-0.4, -0.2) is 177 Å². The summed E-state index contributed by atoms with van der Waals surface area (Å²) in [6.07, 6.45) is 2.64. The number of piperazine rings is 2. The van der Waals surface area contributed by atoms with E-state index in [0.717, 1.165) is 42.9 Å². The van der Waals surface area contributed by atoms with Gasteiger partial charge >= 0.3 is 5.97 Å². The standard InChI is InChI=1S/C44H50F2N4O4.C20H22FNO3.C4H10N2.ClH/c1-7-43(47(3)4,39(51)33-17-21-37(45)22-18-33)29-31-9-13-35(14-10-31)41(53)49-25-27-50(28-26-49)42(54)36-15-11-32(12-16-36)30-44(8-2,48(5)6)40(52)34-19-23-38(46)24-20-34;1-4-17(13-5-7-15(8-6-13)20(24)25)18(22(2)3)19(23)14-9-11-16(21)12-10-14;1-2-6-4-3-5-1;/h9-24H,7-8,25-30H2,1-6H3;5-12,17-18H,4H2,1-3H3,(H,24,25);5-6H,1-4H2;1H. The Morgan fingerprint density at radius 2 is 0.791 bits per heavy atom. The second kappa shape index (κ2) is 32.4. The summed E-state index contributed by atoms with van der Waals surface area (Å²) in [5.41, 5.74) is 3.66. The second-order valence-corrected chi connectivity index (χ2v) is 22.3. The summed E-state index contributed by atoms with van der Waals surface area (Å²) >= 11 is 0. The van der Waals surface area contributed by atoms with Gasteiger partial charge in [0.25, 0.3) is 11.8 Å². The van der Waals surface area contributed by atoms with Gasteiger partial charge in [-0.25, -0.2) is 18.0 Å². The number of likely N-dealkylation sites (N-methyl/N-ethyl adjacent to an activating group) is 3. The number of hydrogen-bond acceptors (Lipinski definition) is 11. The van der Waals surface area contributed by atoms with Gasteiger partial charge in [0.05, 0.1) is 22.7 Å². The van der Waals surface area contributed by atoms with Gasteiger partial charge < -0.3 is 25.5 Å². The molecular formula is C68H83ClF3N7O7. The summed E-state index contributed by atoms with van der Waals surface area (Å²) in [6, 6.07) is 37.6. The summed E-state index contributed by atoms with van der Waals surface area (Å²) in [6.45, 7) is 12.0. The molecule has 6 aromatic carbocycles. The average molecular weight is 1200 g/mol. The zero-order valence-corrected chi connectivity index (χ0v) is 51.7. The number of hydrogen-bond donors (Lipinski definition) is 3. The molecule has 0 aromatic heterocycles. The predicted molar refractivity (Wildman–Crippen MR) is 335 cm³/mol. The number of aromatic carboxylic acids is 1. The van der Waals surface area contributed by atoms with E-state index in [0.29, 0.717) is 86.1 Å². The molecule has 2 saturated heterocycles. The van der Waals surface area contributed by atoms with Crippen LogP contribution in [0.1, 0.15) is 125 Å². The first-order valence-electron chi connectivity index (χ1n) is 29.0. The van der Waals surface area contributed by atoms with Gasteiger partial charge in [-0.3, -0.25) is 38.7 Å². The van der Waals surface area contributed by atoms with Crippen LogP contribution in [0.4, 0.5) is 13.2 Å². The van der Waals surface area contributed by atoms with Crippen molar-refractivity contribution in [2.24, 2.45) is 0 Å². The Hall–Kier alpha value is -7.38. The Morgan fingerprint density at radius 3 is 1.07 bits per heavy atom. The van der Waals surface area contributed by atoms with Crippen LogP contribution in [0.2, 0.25) is 0 Å². The van der Waals surface area contributed by atoms with Crippen molar-refractivity contribution in [3.63, 3.8) is 0 Å². The molecule has 86 heavy (non-hydrogen) atoms. The molecule has 2 aliphatic rings. The molecule has 4 atom stereocenters. The Kier molecular flexibility index (Phi) is 26.1. The van der Waals surface area contributed by atoms with Crippen LogP contribution in [0.25, 0.3) is 0 Å². The van der Waals surface area contributed by atoms with Gasteiger partial charge in [-0.15, -0.1) is 12.4 Å². The molecule has 2 aliphatic heterocycles. The van der Waals surface area contributed by atoms with E-state index in [4.69, 9.17) is 5.11 Å². The number of halogens is 4. The molecule has 6 aromatic rings. The highest BCUT2D eigenvalue weighted by Gasteiger charge is 2.41. The van der Waals surface area contributed by atoms with Crippen molar-refractivity contribution in [2.45, 2.75) is 75.9 Å². The normalized spacial score (nSPS) is 15.3. The van der Waals surface area contributed by atoms with Crippen LogP contribution in [0.3, 0.4) is 0 Å². The lowest BCUT2D eigenvalue weighted by Gasteiger charge is -2.38. The summed E-state index contributed by atoms with van der Waals surface area (Å²) in [7, 11) is 11.1. The van der Waals surface area contributed by atoms with Gasteiger partial charge in [-0.2, -0.15) is 0 Å². The Labute approximate surface area is 511 Å². The van der Waals surface area contributed by atoms with Gasteiger partial charge in [0.2, 0.25) is 0 Å².